The number of nitrogens with zero attached hydrogens (tertiary/aromatic N) is 3. The second-order valence-electron chi connectivity index (χ2n) is 9.68. The fourth-order valence-corrected chi connectivity index (χ4v) is 4.19. The molecule has 0 saturated heterocycles. The van der Waals surface area contributed by atoms with Crippen LogP contribution in [0, 0.1) is 13.8 Å². The fourth-order valence-electron chi connectivity index (χ4n) is 4.19. The molecular formula is C30H39N3O2. The van der Waals surface area contributed by atoms with E-state index in [1.54, 1.807) is 4.90 Å². The maximum atomic E-state index is 13.5. The minimum atomic E-state index is -0.105. The predicted octanol–water partition coefficient (Wildman–Crippen LogP) is 5.83. The highest BCUT2D eigenvalue weighted by Crippen LogP contribution is 2.15. The van der Waals surface area contributed by atoms with Gasteiger partial charge in [0.25, 0.3) is 5.91 Å². The van der Waals surface area contributed by atoms with Gasteiger partial charge < -0.3 is 14.4 Å². The summed E-state index contributed by atoms with van der Waals surface area (Å²) in [5.41, 5.74) is 5.29. The van der Waals surface area contributed by atoms with Gasteiger partial charge in [-0.1, -0.05) is 60.9 Å². The topological polar surface area (TPSA) is 45.6 Å². The van der Waals surface area contributed by atoms with Crippen molar-refractivity contribution in [2.24, 2.45) is 0 Å². The lowest BCUT2D eigenvalue weighted by atomic mass is 10.1. The number of hydrogen-bond donors (Lipinski definition) is 0. The molecule has 0 aliphatic rings. The average molecular weight is 474 g/mol. The lowest BCUT2D eigenvalue weighted by Gasteiger charge is -2.30. The van der Waals surface area contributed by atoms with Crippen LogP contribution in [0.15, 0.2) is 66.9 Å². The highest BCUT2D eigenvalue weighted by atomic mass is 16.2. The second kappa shape index (κ2) is 12.4. The highest BCUT2D eigenvalue weighted by Gasteiger charge is 2.25. The van der Waals surface area contributed by atoms with Gasteiger partial charge in [-0.15, -0.1) is 0 Å². The first-order valence-electron chi connectivity index (χ1n) is 12.6. The van der Waals surface area contributed by atoms with Gasteiger partial charge >= 0.3 is 0 Å². The third-order valence-electron chi connectivity index (χ3n) is 6.33. The quantitative estimate of drug-likeness (QED) is 0.352. The second-order valence-corrected chi connectivity index (χ2v) is 9.68. The molecule has 0 unspecified atom stereocenters. The lowest BCUT2D eigenvalue weighted by molar-refractivity contribution is -0.133. The molecule has 0 fully saturated rings. The number of aromatic nitrogens is 1. The van der Waals surface area contributed by atoms with Gasteiger partial charge in [-0.05, 0) is 63.9 Å². The number of benzene rings is 2. The molecule has 0 aliphatic carbocycles. The maximum absolute atomic E-state index is 13.5. The van der Waals surface area contributed by atoms with Gasteiger partial charge in [-0.3, -0.25) is 9.59 Å². The van der Waals surface area contributed by atoms with Crippen LogP contribution >= 0.6 is 0 Å². The molecule has 5 heteroatoms. The summed E-state index contributed by atoms with van der Waals surface area (Å²) in [4.78, 5) is 30.3. The summed E-state index contributed by atoms with van der Waals surface area (Å²) in [5.74, 6) is -0.123. The first kappa shape index (κ1) is 26.3. The van der Waals surface area contributed by atoms with Crippen LogP contribution in [0.4, 0.5) is 0 Å². The number of aryl methyl sites for hydroxylation is 2. The molecule has 3 aromatic rings. The number of unbranched alkanes of at least 4 members (excludes halogenated alkanes) is 1. The summed E-state index contributed by atoms with van der Waals surface area (Å²) in [7, 11) is 0. The number of carbonyl (C=O) groups excluding carboxylic acids is 2. The summed E-state index contributed by atoms with van der Waals surface area (Å²) in [5, 5.41) is 0. The number of carbonyl (C=O) groups is 2. The standard InChI is InChI=1S/C30H39N3O2/c1-6-7-17-32(21-28-12-9-18-31(28)20-26-11-8-10-25(5)19-26)29(34)22-33(23(2)3)30(35)27-15-13-24(4)14-16-27/h8-16,18-19,23H,6-7,17,20-22H2,1-5H3. The summed E-state index contributed by atoms with van der Waals surface area (Å²) >= 11 is 0. The molecule has 0 N–H and O–H groups in total. The molecule has 1 heterocycles. The van der Waals surface area contributed by atoms with Crippen LogP contribution < -0.4 is 0 Å². The zero-order valence-corrected chi connectivity index (χ0v) is 21.8. The van der Waals surface area contributed by atoms with Crippen LogP contribution in [0.2, 0.25) is 0 Å². The largest absolute Gasteiger partial charge is 0.345 e. The van der Waals surface area contributed by atoms with E-state index in [1.165, 1.54) is 11.1 Å². The SMILES string of the molecule is CCCCN(Cc1cccn1Cc1cccc(C)c1)C(=O)CN(C(=O)c1ccc(C)cc1)C(C)C. The van der Waals surface area contributed by atoms with Crippen molar-refractivity contribution in [1.29, 1.82) is 0 Å². The third-order valence-corrected chi connectivity index (χ3v) is 6.33. The smallest absolute Gasteiger partial charge is 0.254 e. The fraction of sp³-hybridized carbons (Fsp3) is 0.400. The summed E-state index contributed by atoms with van der Waals surface area (Å²) < 4.78 is 2.21. The molecule has 1 aromatic heterocycles. The van der Waals surface area contributed by atoms with Crippen molar-refractivity contribution >= 4 is 11.8 Å². The van der Waals surface area contributed by atoms with Crippen LogP contribution in [0.25, 0.3) is 0 Å². The first-order chi connectivity index (χ1) is 16.8. The normalized spacial score (nSPS) is 11.0. The van der Waals surface area contributed by atoms with E-state index in [4.69, 9.17) is 0 Å². The van der Waals surface area contributed by atoms with Crippen molar-refractivity contribution in [2.75, 3.05) is 13.1 Å². The third kappa shape index (κ3) is 7.32. The zero-order valence-electron chi connectivity index (χ0n) is 21.8. The van der Waals surface area contributed by atoms with E-state index in [1.807, 2.05) is 56.0 Å². The van der Waals surface area contributed by atoms with E-state index < -0.39 is 0 Å². The van der Waals surface area contributed by atoms with Crippen LogP contribution in [0.3, 0.4) is 0 Å². The van der Waals surface area contributed by atoms with Crippen molar-refractivity contribution < 1.29 is 9.59 Å². The number of amides is 2. The van der Waals surface area contributed by atoms with Gasteiger partial charge in [0.1, 0.15) is 6.54 Å². The molecule has 0 aliphatic heterocycles. The van der Waals surface area contributed by atoms with Gasteiger partial charge in [-0.2, -0.15) is 0 Å². The Bertz CT molecular complexity index is 1110. The van der Waals surface area contributed by atoms with Gasteiger partial charge in [0, 0.05) is 36.6 Å². The van der Waals surface area contributed by atoms with Gasteiger partial charge in [0.05, 0.1) is 6.54 Å². The van der Waals surface area contributed by atoms with E-state index in [2.05, 4.69) is 54.9 Å². The van der Waals surface area contributed by atoms with Gasteiger partial charge in [0.15, 0.2) is 0 Å². The molecule has 0 bridgehead atoms. The molecule has 0 spiro atoms. The van der Waals surface area contributed by atoms with Gasteiger partial charge in [-0.25, -0.2) is 0 Å². The summed E-state index contributed by atoms with van der Waals surface area (Å²) in [6.07, 6.45) is 4.00. The van der Waals surface area contributed by atoms with Crippen molar-refractivity contribution in [3.8, 4) is 0 Å². The molecule has 186 valence electrons. The van der Waals surface area contributed by atoms with Crippen LogP contribution in [-0.2, 0) is 17.9 Å². The Morgan fingerprint density at radius 2 is 1.69 bits per heavy atom. The number of rotatable bonds is 11. The molecule has 0 radical (unpaired) electrons. The van der Waals surface area contributed by atoms with Crippen LogP contribution in [-0.4, -0.2) is 45.3 Å². The van der Waals surface area contributed by atoms with Gasteiger partial charge in [0.2, 0.25) is 5.91 Å². The van der Waals surface area contributed by atoms with Crippen LogP contribution in [0.1, 0.15) is 66.4 Å². The van der Waals surface area contributed by atoms with E-state index in [-0.39, 0.29) is 24.4 Å². The van der Waals surface area contributed by atoms with E-state index >= 15 is 0 Å². The molecule has 0 atom stereocenters. The van der Waals surface area contributed by atoms with E-state index in [0.29, 0.717) is 18.7 Å². The minimum absolute atomic E-state index is 0.0177. The van der Waals surface area contributed by atoms with Crippen molar-refractivity contribution in [1.82, 2.24) is 14.4 Å². The number of hydrogen-bond acceptors (Lipinski definition) is 2. The van der Waals surface area contributed by atoms with Crippen molar-refractivity contribution in [3.63, 3.8) is 0 Å². The van der Waals surface area contributed by atoms with E-state index in [9.17, 15) is 9.59 Å². The van der Waals surface area contributed by atoms with Crippen LogP contribution in [0.5, 0.6) is 0 Å². The Morgan fingerprint density at radius 1 is 0.943 bits per heavy atom. The Kier molecular flexibility index (Phi) is 9.30. The van der Waals surface area contributed by atoms with Crippen molar-refractivity contribution in [2.45, 2.75) is 66.6 Å². The monoisotopic (exact) mass is 473 g/mol. The molecule has 2 amide bonds. The minimum Gasteiger partial charge on any atom is -0.345 e. The molecular weight excluding hydrogens is 434 g/mol. The van der Waals surface area contributed by atoms with E-state index in [0.717, 1.165) is 30.6 Å². The Labute approximate surface area is 210 Å². The summed E-state index contributed by atoms with van der Waals surface area (Å²) in [6, 6.07) is 20.1. The molecule has 5 nitrogen and oxygen atoms in total. The Balaban J connectivity index is 1.76. The predicted molar refractivity (Wildman–Crippen MR) is 142 cm³/mol. The molecule has 2 aromatic carbocycles. The zero-order chi connectivity index (χ0) is 25.4. The maximum Gasteiger partial charge on any atom is 0.254 e. The highest BCUT2D eigenvalue weighted by molar-refractivity contribution is 5.96. The van der Waals surface area contributed by atoms with Crippen molar-refractivity contribution in [3.05, 3.63) is 94.8 Å². The Morgan fingerprint density at radius 3 is 2.34 bits per heavy atom. The average Bonchev–Trinajstić information content (AvgIpc) is 3.26. The lowest BCUT2D eigenvalue weighted by Crippen LogP contribution is -2.46. The molecule has 0 saturated carbocycles. The summed E-state index contributed by atoms with van der Waals surface area (Å²) in [6.45, 7) is 12.2. The molecule has 3 rings (SSSR count). The molecule has 35 heavy (non-hydrogen) atoms. The Hall–Kier alpha value is -3.34. The first-order valence-corrected chi connectivity index (χ1v) is 12.6.